The molecule has 1 heterocycles. The average molecular weight is 280 g/mol. The summed E-state index contributed by atoms with van der Waals surface area (Å²) in [6.45, 7) is 5.75. The quantitative estimate of drug-likeness (QED) is 0.937. The third-order valence-electron chi connectivity index (χ3n) is 2.74. The Labute approximate surface area is 115 Å². The lowest BCUT2D eigenvalue weighted by molar-refractivity contribution is 0.0683. The maximum absolute atomic E-state index is 11.0. The minimum atomic E-state index is -1.15. The zero-order valence-electron chi connectivity index (χ0n) is 10.9. The summed E-state index contributed by atoms with van der Waals surface area (Å²) in [5.74, 6) is -0.752. The van der Waals surface area contributed by atoms with Crippen LogP contribution >= 0.6 is 11.6 Å². The van der Waals surface area contributed by atoms with Crippen LogP contribution in [0.2, 0.25) is 5.02 Å². The number of nitrogens with zero attached hydrogens (tertiary/aromatic N) is 3. The van der Waals surface area contributed by atoms with E-state index in [4.69, 9.17) is 16.7 Å². The number of hydrogen-bond donors (Lipinski definition) is 1. The van der Waals surface area contributed by atoms with Crippen LogP contribution in [-0.2, 0) is 0 Å². The molecule has 6 heteroatoms. The summed E-state index contributed by atoms with van der Waals surface area (Å²) < 4.78 is 1.52. The first kappa shape index (κ1) is 13.5. The van der Waals surface area contributed by atoms with E-state index in [1.54, 1.807) is 6.07 Å². The lowest BCUT2D eigenvalue weighted by Crippen LogP contribution is -2.07. The highest BCUT2D eigenvalue weighted by atomic mass is 35.5. The van der Waals surface area contributed by atoms with Crippen LogP contribution in [0.5, 0.6) is 0 Å². The Hall–Kier alpha value is -1.88. The van der Waals surface area contributed by atoms with Crippen molar-refractivity contribution < 1.29 is 9.90 Å². The number of halogens is 1. The van der Waals surface area contributed by atoms with Gasteiger partial charge in [0.1, 0.15) is 5.82 Å². The van der Waals surface area contributed by atoms with E-state index in [0.29, 0.717) is 16.5 Å². The van der Waals surface area contributed by atoms with E-state index in [1.807, 2.05) is 32.9 Å². The molecule has 1 aromatic heterocycles. The van der Waals surface area contributed by atoms with Crippen LogP contribution in [0.4, 0.5) is 0 Å². The SMILES string of the molecule is Cc1cccc(Cl)c1-n1nc(C(=O)O)nc1C(C)C. The van der Waals surface area contributed by atoms with E-state index in [1.165, 1.54) is 4.68 Å². The molecule has 0 fully saturated rings. The Kier molecular flexibility index (Phi) is 3.57. The maximum atomic E-state index is 11.0. The van der Waals surface area contributed by atoms with Gasteiger partial charge in [0.2, 0.25) is 0 Å². The normalized spacial score (nSPS) is 11.0. The van der Waals surface area contributed by atoms with E-state index in [-0.39, 0.29) is 11.7 Å². The largest absolute Gasteiger partial charge is 0.475 e. The summed E-state index contributed by atoms with van der Waals surface area (Å²) in [6, 6.07) is 5.48. The molecule has 0 aliphatic carbocycles. The molecule has 2 aromatic rings. The Bertz CT molecular complexity index is 615. The van der Waals surface area contributed by atoms with Gasteiger partial charge in [0.25, 0.3) is 5.82 Å². The summed E-state index contributed by atoms with van der Waals surface area (Å²) >= 11 is 6.19. The molecule has 0 spiro atoms. The van der Waals surface area contributed by atoms with Gasteiger partial charge in [-0.05, 0) is 18.6 Å². The lowest BCUT2D eigenvalue weighted by Gasteiger charge is -2.12. The van der Waals surface area contributed by atoms with Gasteiger partial charge in [0.05, 0.1) is 10.7 Å². The van der Waals surface area contributed by atoms with E-state index in [9.17, 15) is 4.79 Å². The van der Waals surface area contributed by atoms with Crippen LogP contribution < -0.4 is 0 Å². The van der Waals surface area contributed by atoms with Crippen molar-refractivity contribution in [1.82, 2.24) is 14.8 Å². The standard InChI is InChI=1S/C13H14ClN3O2/c1-7(2)12-15-11(13(18)19)16-17(12)10-8(3)5-4-6-9(10)14/h4-7H,1-3H3,(H,18,19). The number of carbonyl (C=O) groups is 1. The van der Waals surface area contributed by atoms with Crippen LogP contribution in [-0.4, -0.2) is 25.8 Å². The van der Waals surface area contributed by atoms with Gasteiger partial charge in [0, 0.05) is 5.92 Å². The van der Waals surface area contributed by atoms with Gasteiger partial charge in [0.15, 0.2) is 0 Å². The summed E-state index contributed by atoms with van der Waals surface area (Å²) in [6.07, 6.45) is 0. The predicted molar refractivity (Wildman–Crippen MR) is 72.2 cm³/mol. The molecule has 0 saturated carbocycles. The number of rotatable bonds is 3. The highest BCUT2D eigenvalue weighted by molar-refractivity contribution is 6.32. The predicted octanol–water partition coefficient (Wildman–Crippen LogP) is 3.05. The van der Waals surface area contributed by atoms with Crippen LogP contribution in [0.25, 0.3) is 5.69 Å². The molecule has 100 valence electrons. The number of hydrogen-bond acceptors (Lipinski definition) is 3. The van der Waals surface area contributed by atoms with Crippen molar-refractivity contribution >= 4 is 17.6 Å². The van der Waals surface area contributed by atoms with Crippen molar-refractivity contribution in [2.75, 3.05) is 0 Å². The number of carboxylic acid groups (broad SMARTS) is 1. The minimum absolute atomic E-state index is 0.0382. The molecule has 1 N–H and O–H groups in total. The Morgan fingerprint density at radius 3 is 2.63 bits per heavy atom. The molecular weight excluding hydrogens is 266 g/mol. The first-order valence-electron chi connectivity index (χ1n) is 5.87. The minimum Gasteiger partial charge on any atom is -0.475 e. The molecule has 0 amide bonds. The van der Waals surface area contributed by atoms with E-state index in [0.717, 1.165) is 5.56 Å². The van der Waals surface area contributed by atoms with Gasteiger partial charge in [-0.15, -0.1) is 5.10 Å². The Morgan fingerprint density at radius 2 is 2.11 bits per heavy atom. The molecule has 1 aromatic carbocycles. The first-order chi connectivity index (χ1) is 8.91. The smallest absolute Gasteiger partial charge is 0.375 e. The van der Waals surface area contributed by atoms with Crippen LogP contribution in [0.15, 0.2) is 18.2 Å². The fourth-order valence-corrected chi connectivity index (χ4v) is 2.15. The van der Waals surface area contributed by atoms with Gasteiger partial charge in [-0.25, -0.2) is 14.5 Å². The second kappa shape index (κ2) is 5.01. The Balaban J connectivity index is 2.70. The number of aromatic carboxylic acids is 1. The molecule has 0 aliphatic rings. The number of aromatic nitrogens is 3. The topological polar surface area (TPSA) is 68.0 Å². The Morgan fingerprint density at radius 1 is 1.42 bits per heavy atom. The lowest BCUT2D eigenvalue weighted by atomic mass is 10.1. The van der Waals surface area contributed by atoms with Gasteiger partial charge in [-0.2, -0.15) is 0 Å². The zero-order chi connectivity index (χ0) is 14.2. The second-order valence-electron chi connectivity index (χ2n) is 4.57. The van der Waals surface area contributed by atoms with Crippen molar-refractivity contribution in [1.29, 1.82) is 0 Å². The fraction of sp³-hybridized carbons (Fsp3) is 0.308. The fourth-order valence-electron chi connectivity index (χ4n) is 1.84. The molecule has 0 unspecified atom stereocenters. The third kappa shape index (κ3) is 2.46. The van der Waals surface area contributed by atoms with Gasteiger partial charge >= 0.3 is 5.97 Å². The van der Waals surface area contributed by atoms with Crippen LogP contribution in [0, 0.1) is 6.92 Å². The summed E-state index contributed by atoms with van der Waals surface area (Å²) in [4.78, 5) is 15.1. The summed E-state index contributed by atoms with van der Waals surface area (Å²) in [5, 5.41) is 13.6. The molecule has 2 rings (SSSR count). The van der Waals surface area contributed by atoms with Gasteiger partial charge in [-0.1, -0.05) is 37.6 Å². The van der Waals surface area contributed by atoms with Crippen LogP contribution in [0.3, 0.4) is 0 Å². The summed E-state index contributed by atoms with van der Waals surface area (Å²) in [7, 11) is 0. The number of aryl methyl sites for hydroxylation is 1. The van der Waals surface area contributed by atoms with Gasteiger partial charge < -0.3 is 5.11 Å². The van der Waals surface area contributed by atoms with Crippen molar-refractivity contribution in [3.8, 4) is 5.69 Å². The van der Waals surface area contributed by atoms with Crippen molar-refractivity contribution in [3.05, 3.63) is 40.4 Å². The molecule has 0 atom stereocenters. The average Bonchev–Trinajstić information content (AvgIpc) is 2.73. The number of para-hydroxylation sites is 1. The molecule has 5 nitrogen and oxygen atoms in total. The maximum Gasteiger partial charge on any atom is 0.375 e. The number of carboxylic acids is 1. The zero-order valence-corrected chi connectivity index (χ0v) is 11.6. The van der Waals surface area contributed by atoms with Crippen molar-refractivity contribution in [2.45, 2.75) is 26.7 Å². The third-order valence-corrected chi connectivity index (χ3v) is 3.05. The highest BCUT2D eigenvalue weighted by Gasteiger charge is 2.20. The molecule has 0 aliphatic heterocycles. The van der Waals surface area contributed by atoms with Crippen molar-refractivity contribution in [2.24, 2.45) is 0 Å². The molecular formula is C13H14ClN3O2. The van der Waals surface area contributed by atoms with Crippen LogP contribution in [0.1, 0.15) is 41.8 Å². The molecule has 0 bridgehead atoms. The summed E-state index contributed by atoms with van der Waals surface area (Å²) in [5.41, 5.74) is 1.59. The molecule has 19 heavy (non-hydrogen) atoms. The number of benzene rings is 1. The first-order valence-corrected chi connectivity index (χ1v) is 6.25. The highest BCUT2D eigenvalue weighted by Crippen LogP contribution is 2.26. The van der Waals surface area contributed by atoms with E-state index >= 15 is 0 Å². The monoisotopic (exact) mass is 279 g/mol. The van der Waals surface area contributed by atoms with E-state index < -0.39 is 5.97 Å². The van der Waals surface area contributed by atoms with Crippen molar-refractivity contribution in [3.63, 3.8) is 0 Å². The molecule has 0 radical (unpaired) electrons. The second-order valence-corrected chi connectivity index (χ2v) is 4.98. The van der Waals surface area contributed by atoms with Gasteiger partial charge in [-0.3, -0.25) is 0 Å². The molecule has 0 saturated heterocycles. The van der Waals surface area contributed by atoms with E-state index in [2.05, 4.69) is 10.1 Å².